The maximum Gasteiger partial charge on any atom is 0.252 e. The Morgan fingerprint density at radius 2 is 1.87 bits per heavy atom. The lowest BCUT2D eigenvalue weighted by molar-refractivity contribution is -0.117. The highest BCUT2D eigenvalue weighted by Gasteiger charge is 2.13. The number of rotatable bonds is 6. The van der Waals surface area contributed by atoms with Crippen LogP contribution in [0.15, 0.2) is 70.6 Å². The van der Waals surface area contributed by atoms with Crippen molar-refractivity contribution in [2.75, 3.05) is 20.0 Å². The molecule has 0 bridgehead atoms. The van der Waals surface area contributed by atoms with Crippen molar-refractivity contribution in [1.29, 1.82) is 0 Å². The zero-order chi connectivity index (χ0) is 22.0. The standard InChI is InChI=1S/C23H22N2O4S2/c1-29-13-12-25-20-11-10-18(31(2,27)28)15-21(20)30-23(25)24-22(26)14-17-8-5-7-16-6-3-4-9-19(16)17/h3-11,15H,12-14H2,1-2H3. The normalized spacial score (nSPS) is 12.6. The zero-order valence-corrected chi connectivity index (χ0v) is 18.9. The number of aromatic nitrogens is 1. The van der Waals surface area contributed by atoms with Gasteiger partial charge in [-0.3, -0.25) is 4.79 Å². The van der Waals surface area contributed by atoms with Crippen molar-refractivity contribution in [1.82, 2.24) is 4.57 Å². The summed E-state index contributed by atoms with van der Waals surface area (Å²) in [5.41, 5.74) is 1.75. The first kappa shape index (κ1) is 21.4. The van der Waals surface area contributed by atoms with E-state index in [9.17, 15) is 13.2 Å². The fourth-order valence-corrected chi connectivity index (χ4v) is 5.36. The minimum absolute atomic E-state index is 0.189. The summed E-state index contributed by atoms with van der Waals surface area (Å²) < 4.78 is 31.7. The third-order valence-electron chi connectivity index (χ3n) is 5.04. The van der Waals surface area contributed by atoms with Crippen LogP contribution in [0.3, 0.4) is 0 Å². The van der Waals surface area contributed by atoms with Crippen LogP contribution in [-0.2, 0) is 32.3 Å². The minimum Gasteiger partial charge on any atom is -0.383 e. The van der Waals surface area contributed by atoms with Crippen molar-refractivity contribution < 1.29 is 17.9 Å². The quantitative estimate of drug-likeness (QED) is 0.446. The molecule has 1 heterocycles. The number of carbonyl (C=O) groups is 1. The molecule has 0 aliphatic rings. The number of hydrogen-bond acceptors (Lipinski definition) is 5. The number of hydrogen-bond donors (Lipinski definition) is 0. The van der Waals surface area contributed by atoms with Crippen LogP contribution in [0.1, 0.15) is 5.56 Å². The SMILES string of the molecule is COCCn1c(=NC(=O)Cc2cccc3ccccc23)sc2cc(S(C)(=O)=O)ccc21. The van der Waals surface area contributed by atoms with Crippen molar-refractivity contribution in [3.05, 3.63) is 71.0 Å². The third kappa shape index (κ3) is 4.61. The highest BCUT2D eigenvalue weighted by Crippen LogP contribution is 2.22. The zero-order valence-electron chi connectivity index (χ0n) is 17.2. The van der Waals surface area contributed by atoms with E-state index >= 15 is 0 Å². The summed E-state index contributed by atoms with van der Waals surface area (Å²) in [7, 11) is -1.71. The Hall–Kier alpha value is -2.81. The smallest absolute Gasteiger partial charge is 0.252 e. The molecule has 4 rings (SSSR count). The van der Waals surface area contributed by atoms with E-state index in [0.29, 0.717) is 18.0 Å². The van der Waals surface area contributed by atoms with Crippen LogP contribution >= 0.6 is 11.3 Å². The van der Waals surface area contributed by atoms with Crippen molar-refractivity contribution in [3.63, 3.8) is 0 Å². The molecule has 0 fully saturated rings. The van der Waals surface area contributed by atoms with Crippen LogP contribution in [0.4, 0.5) is 0 Å². The van der Waals surface area contributed by atoms with Gasteiger partial charge in [0.25, 0.3) is 5.91 Å². The van der Waals surface area contributed by atoms with Gasteiger partial charge >= 0.3 is 0 Å². The van der Waals surface area contributed by atoms with E-state index in [2.05, 4.69) is 4.99 Å². The summed E-state index contributed by atoms with van der Waals surface area (Å²) in [5.74, 6) is -0.252. The van der Waals surface area contributed by atoms with Crippen LogP contribution in [0.25, 0.3) is 21.0 Å². The van der Waals surface area contributed by atoms with E-state index in [1.54, 1.807) is 25.3 Å². The van der Waals surface area contributed by atoms with E-state index in [0.717, 1.165) is 26.6 Å². The van der Waals surface area contributed by atoms with Crippen LogP contribution in [0, 0.1) is 0 Å². The van der Waals surface area contributed by atoms with Crippen molar-refractivity contribution >= 4 is 48.1 Å². The number of nitrogens with zero attached hydrogens (tertiary/aromatic N) is 2. The van der Waals surface area contributed by atoms with Crippen molar-refractivity contribution in [3.8, 4) is 0 Å². The maximum absolute atomic E-state index is 12.9. The van der Waals surface area contributed by atoms with Crippen molar-refractivity contribution in [2.45, 2.75) is 17.9 Å². The predicted octanol–water partition coefficient (Wildman–Crippen LogP) is 3.58. The lowest BCUT2D eigenvalue weighted by atomic mass is 10.0. The molecule has 6 nitrogen and oxygen atoms in total. The molecule has 0 radical (unpaired) electrons. The van der Waals surface area contributed by atoms with Gasteiger partial charge in [0.15, 0.2) is 14.6 Å². The number of sulfone groups is 1. The molecule has 0 N–H and O–H groups in total. The molecule has 1 amide bonds. The second kappa shape index (κ2) is 8.74. The van der Waals surface area contributed by atoms with E-state index in [-0.39, 0.29) is 17.2 Å². The molecule has 4 aromatic rings. The first-order valence-electron chi connectivity index (χ1n) is 9.73. The number of carbonyl (C=O) groups excluding carboxylic acids is 1. The van der Waals surface area contributed by atoms with Gasteiger partial charge in [-0.25, -0.2) is 8.42 Å². The molecule has 160 valence electrons. The summed E-state index contributed by atoms with van der Waals surface area (Å²) in [6.07, 6.45) is 1.37. The van der Waals surface area contributed by atoms with Gasteiger partial charge in [-0.2, -0.15) is 4.99 Å². The van der Waals surface area contributed by atoms with Crippen LogP contribution in [0.2, 0.25) is 0 Å². The summed E-state index contributed by atoms with van der Waals surface area (Å²) in [6.45, 7) is 0.958. The first-order chi connectivity index (χ1) is 14.9. The predicted molar refractivity (Wildman–Crippen MR) is 123 cm³/mol. The lowest BCUT2D eigenvalue weighted by Crippen LogP contribution is -2.19. The van der Waals surface area contributed by atoms with Gasteiger partial charge in [-0.05, 0) is 34.5 Å². The van der Waals surface area contributed by atoms with Crippen LogP contribution in [-0.4, -0.2) is 38.9 Å². The number of ether oxygens (including phenoxy) is 1. The molecule has 0 saturated carbocycles. The summed E-state index contributed by atoms with van der Waals surface area (Å²) in [4.78, 5) is 18.0. The molecule has 0 unspecified atom stereocenters. The summed E-state index contributed by atoms with van der Waals surface area (Å²) >= 11 is 1.30. The Bertz CT molecular complexity index is 1440. The van der Waals surface area contributed by atoms with Gasteiger partial charge in [0.05, 0.1) is 28.1 Å². The maximum atomic E-state index is 12.9. The summed E-state index contributed by atoms with van der Waals surface area (Å²) in [5, 5.41) is 2.12. The Morgan fingerprint density at radius 1 is 1.10 bits per heavy atom. The Morgan fingerprint density at radius 3 is 2.65 bits per heavy atom. The molecule has 0 spiro atoms. The number of fused-ring (bicyclic) bond motifs is 2. The average molecular weight is 455 g/mol. The van der Waals surface area contributed by atoms with Gasteiger partial charge < -0.3 is 9.30 Å². The minimum atomic E-state index is -3.32. The number of amides is 1. The fraction of sp³-hybridized carbons (Fsp3) is 0.217. The van der Waals surface area contributed by atoms with Gasteiger partial charge in [-0.1, -0.05) is 53.8 Å². The molecular weight excluding hydrogens is 432 g/mol. The molecule has 31 heavy (non-hydrogen) atoms. The fourth-order valence-electron chi connectivity index (χ4n) is 3.52. The highest BCUT2D eigenvalue weighted by atomic mass is 32.2. The monoisotopic (exact) mass is 454 g/mol. The number of thiazole rings is 1. The topological polar surface area (TPSA) is 77.7 Å². The Balaban J connectivity index is 1.76. The van der Waals surface area contributed by atoms with Gasteiger partial charge in [0.1, 0.15) is 0 Å². The molecular formula is C23H22N2O4S2. The molecule has 0 saturated heterocycles. The summed E-state index contributed by atoms with van der Waals surface area (Å²) in [6, 6.07) is 18.8. The highest BCUT2D eigenvalue weighted by molar-refractivity contribution is 7.90. The molecule has 0 aliphatic heterocycles. The van der Waals surface area contributed by atoms with Crippen LogP contribution in [0.5, 0.6) is 0 Å². The molecule has 0 atom stereocenters. The largest absolute Gasteiger partial charge is 0.383 e. The van der Waals surface area contributed by atoms with Crippen LogP contribution < -0.4 is 4.80 Å². The lowest BCUT2D eigenvalue weighted by Gasteiger charge is -2.06. The average Bonchev–Trinajstić information content (AvgIpc) is 3.07. The third-order valence-corrected chi connectivity index (χ3v) is 7.19. The number of benzene rings is 3. The van der Waals surface area contributed by atoms with Crippen molar-refractivity contribution in [2.24, 2.45) is 4.99 Å². The Labute approximate surface area is 184 Å². The first-order valence-corrected chi connectivity index (χ1v) is 12.4. The van der Waals surface area contributed by atoms with E-state index in [1.165, 1.54) is 17.6 Å². The van der Waals surface area contributed by atoms with E-state index < -0.39 is 9.84 Å². The molecule has 3 aromatic carbocycles. The molecule has 1 aromatic heterocycles. The Kier molecular flexibility index (Phi) is 6.04. The molecule has 8 heteroatoms. The number of methoxy groups -OCH3 is 1. The second-order valence-corrected chi connectivity index (χ2v) is 10.3. The van der Waals surface area contributed by atoms with Gasteiger partial charge in [-0.15, -0.1) is 0 Å². The van der Waals surface area contributed by atoms with E-state index in [4.69, 9.17) is 4.74 Å². The van der Waals surface area contributed by atoms with Gasteiger partial charge in [0, 0.05) is 19.9 Å². The van der Waals surface area contributed by atoms with Gasteiger partial charge in [0.2, 0.25) is 0 Å². The second-order valence-electron chi connectivity index (χ2n) is 7.25. The molecule has 0 aliphatic carbocycles. The van der Waals surface area contributed by atoms with E-state index in [1.807, 2.05) is 47.0 Å².